The third-order valence-corrected chi connectivity index (χ3v) is 5.08. The molecule has 1 aliphatic heterocycles. The van der Waals surface area contributed by atoms with Gasteiger partial charge in [0.1, 0.15) is 0 Å². The summed E-state index contributed by atoms with van der Waals surface area (Å²) in [6.07, 6.45) is 1.39. The summed E-state index contributed by atoms with van der Waals surface area (Å²) in [5, 5.41) is 5.82. The van der Waals surface area contributed by atoms with E-state index in [0.717, 1.165) is 13.0 Å². The molecule has 1 atom stereocenters. The van der Waals surface area contributed by atoms with E-state index in [2.05, 4.69) is 10.6 Å². The Balaban J connectivity index is 1.61. The number of amides is 1. The highest BCUT2D eigenvalue weighted by Crippen LogP contribution is 2.10. The van der Waals surface area contributed by atoms with Crippen molar-refractivity contribution in [3.05, 3.63) is 35.9 Å². The summed E-state index contributed by atoms with van der Waals surface area (Å²) in [5.74, 6) is 0.113. The second kappa shape index (κ2) is 6.85. The van der Waals surface area contributed by atoms with E-state index in [9.17, 15) is 13.2 Å². The van der Waals surface area contributed by atoms with Crippen LogP contribution in [0.15, 0.2) is 30.3 Å². The average molecular weight is 296 g/mol. The molecule has 1 amide bonds. The molecule has 5 nitrogen and oxygen atoms in total. The second-order valence-corrected chi connectivity index (χ2v) is 7.31. The maximum absolute atomic E-state index is 11.7. The van der Waals surface area contributed by atoms with Crippen molar-refractivity contribution in [3.63, 3.8) is 0 Å². The zero-order valence-electron chi connectivity index (χ0n) is 11.3. The van der Waals surface area contributed by atoms with E-state index in [1.54, 1.807) is 0 Å². The number of hydrogen-bond acceptors (Lipinski definition) is 4. The van der Waals surface area contributed by atoms with Gasteiger partial charge in [0.2, 0.25) is 5.91 Å². The Morgan fingerprint density at radius 1 is 1.25 bits per heavy atom. The van der Waals surface area contributed by atoms with E-state index >= 15 is 0 Å². The maximum Gasteiger partial charge on any atom is 0.234 e. The Bertz CT molecular complexity index is 543. The summed E-state index contributed by atoms with van der Waals surface area (Å²) >= 11 is 0. The fraction of sp³-hybridized carbons (Fsp3) is 0.500. The van der Waals surface area contributed by atoms with Crippen molar-refractivity contribution in [1.82, 2.24) is 10.6 Å². The van der Waals surface area contributed by atoms with Crippen LogP contribution in [0.4, 0.5) is 0 Å². The molecule has 2 N–H and O–H groups in total. The summed E-state index contributed by atoms with van der Waals surface area (Å²) in [5.41, 5.74) is 1.22. The lowest BCUT2D eigenvalue weighted by molar-refractivity contribution is -0.120. The molecule has 0 aliphatic carbocycles. The number of nitrogens with one attached hydrogen (secondary N) is 2. The zero-order chi connectivity index (χ0) is 14.4. The molecule has 2 rings (SSSR count). The molecule has 1 heterocycles. The predicted molar refractivity (Wildman–Crippen MR) is 78.2 cm³/mol. The molecule has 6 heteroatoms. The van der Waals surface area contributed by atoms with Gasteiger partial charge in [-0.25, -0.2) is 8.42 Å². The van der Waals surface area contributed by atoms with Gasteiger partial charge in [-0.2, -0.15) is 0 Å². The lowest BCUT2D eigenvalue weighted by atomic mass is 10.1. The molecule has 1 aromatic carbocycles. The number of hydrogen-bond donors (Lipinski definition) is 2. The van der Waals surface area contributed by atoms with E-state index in [4.69, 9.17) is 0 Å². The molecule has 0 radical (unpaired) electrons. The fourth-order valence-electron chi connectivity index (χ4n) is 2.27. The molecule has 0 saturated carbocycles. The molecule has 0 bridgehead atoms. The van der Waals surface area contributed by atoms with E-state index in [0.29, 0.717) is 6.42 Å². The van der Waals surface area contributed by atoms with Crippen LogP contribution in [0.5, 0.6) is 0 Å². The highest BCUT2D eigenvalue weighted by molar-refractivity contribution is 7.91. The molecule has 0 aromatic heterocycles. The SMILES string of the molecule is O=C(CNCCc1ccccc1)NC1CCS(=O)(=O)C1. The van der Waals surface area contributed by atoms with E-state index in [-0.39, 0.29) is 30.0 Å². The quantitative estimate of drug-likeness (QED) is 0.731. The van der Waals surface area contributed by atoms with Gasteiger partial charge in [-0.3, -0.25) is 4.79 Å². The van der Waals surface area contributed by atoms with Gasteiger partial charge in [-0.05, 0) is 24.9 Å². The first-order chi connectivity index (χ1) is 9.55. The van der Waals surface area contributed by atoms with Crippen LogP contribution in [0.1, 0.15) is 12.0 Å². The first-order valence-electron chi connectivity index (χ1n) is 6.79. The fourth-order valence-corrected chi connectivity index (χ4v) is 3.94. The Morgan fingerprint density at radius 3 is 2.65 bits per heavy atom. The van der Waals surface area contributed by atoms with Crippen molar-refractivity contribution in [1.29, 1.82) is 0 Å². The monoisotopic (exact) mass is 296 g/mol. The van der Waals surface area contributed by atoms with Crippen LogP contribution >= 0.6 is 0 Å². The summed E-state index contributed by atoms with van der Waals surface area (Å²) in [6.45, 7) is 0.948. The van der Waals surface area contributed by atoms with Crippen molar-refractivity contribution in [2.45, 2.75) is 18.9 Å². The Kier molecular flexibility index (Phi) is 5.14. The van der Waals surface area contributed by atoms with Crippen LogP contribution in [0.25, 0.3) is 0 Å². The zero-order valence-corrected chi connectivity index (χ0v) is 12.2. The van der Waals surface area contributed by atoms with Crippen molar-refractivity contribution >= 4 is 15.7 Å². The minimum Gasteiger partial charge on any atom is -0.351 e. The van der Waals surface area contributed by atoms with Crippen molar-refractivity contribution in [2.24, 2.45) is 0 Å². The van der Waals surface area contributed by atoms with Crippen LogP contribution in [0.3, 0.4) is 0 Å². The Morgan fingerprint density at radius 2 is 2.00 bits per heavy atom. The summed E-state index contributed by atoms with van der Waals surface area (Å²) < 4.78 is 22.5. The molecule has 1 aliphatic rings. The number of benzene rings is 1. The second-order valence-electron chi connectivity index (χ2n) is 5.08. The van der Waals surface area contributed by atoms with Gasteiger partial charge in [-0.1, -0.05) is 30.3 Å². The summed E-state index contributed by atoms with van der Waals surface area (Å²) in [7, 11) is -2.94. The third-order valence-electron chi connectivity index (χ3n) is 3.32. The van der Waals surface area contributed by atoms with E-state index in [1.165, 1.54) is 5.56 Å². The highest BCUT2D eigenvalue weighted by Gasteiger charge is 2.28. The Hall–Kier alpha value is -1.40. The lowest BCUT2D eigenvalue weighted by Crippen LogP contribution is -2.41. The van der Waals surface area contributed by atoms with Crippen LogP contribution in [0, 0.1) is 0 Å². The summed E-state index contributed by atoms with van der Waals surface area (Å²) in [6, 6.07) is 9.82. The molecule has 1 unspecified atom stereocenters. The topological polar surface area (TPSA) is 75.3 Å². The number of sulfone groups is 1. The van der Waals surface area contributed by atoms with Crippen molar-refractivity contribution in [2.75, 3.05) is 24.6 Å². The smallest absolute Gasteiger partial charge is 0.234 e. The molecular formula is C14H20N2O3S. The van der Waals surface area contributed by atoms with Gasteiger partial charge in [0, 0.05) is 6.04 Å². The standard InChI is InChI=1S/C14H20N2O3S/c17-14(16-13-7-9-20(18,19)11-13)10-15-8-6-12-4-2-1-3-5-12/h1-5,13,15H,6-11H2,(H,16,17). The normalized spacial score (nSPS) is 20.7. The number of carbonyl (C=O) groups is 1. The Labute approximate surface area is 119 Å². The van der Waals surface area contributed by atoms with Crippen LogP contribution < -0.4 is 10.6 Å². The minimum absolute atomic E-state index is 0.0722. The van der Waals surface area contributed by atoms with Gasteiger partial charge in [0.05, 0.1) is 18.1 Å². The van der Waals surface area contributed by atoms with Gasteiger partial charge >= 0.3 is 0 Å². The van der Waals surface area contributed by atoms with Gasteiger partial charge < -0.3 is 10.6 Å². The summed E-state index contributed by atoms with van der Waals surface area (Å²) in [4.78, 5) is 11.7. The molecule has 110 valence electrons. The molecule has 1 saturated heterocycles. The van der Waals surface area contributed by atoms with E-state index in [1.807, 2.05) is 30.3 Å². The van der Waals surface area contributed by atoms with Crippen molar-refractivity contribution in [3.8, 4) is 0 Å². The van der Waals surface area contributed by atoms with Crippen LogP contribution in [0.2, 0.25) is 0 Å². The van der Waals surface area contributed by atoms with Crippen molar-refractivity contribution < 1.29 is 13.2 Å². The van der Waals surface area contributed by atoms with Gasteiger partial charge in [0.25, 0.3) is 0 Å². The largest absolute Gasteiger partial charge is 0.351 e. The molecular weight excluding hydrogens is 276 g/mol. The maximum atomic E-state index is 11.7. The van der Waals surface area contributed by atoms with Gasteiger partial charge in [-0.15, -0.1) is 0 Å². The first kappa shape index (κ1) is 15.0. The number of rotatable bonds is 6. The first-order valence-corrected chi connectivity index (χ1v) is 8.62. The number of carbonyl (C=O) groups excluding carboxylic acids is 1. The molecule has 1 fully saturated rings. The van der Waals surface area contributed by atoms with Crippen LogP contribution in [-0.2, 0) is 21.1 Å². The molecule has 0 spiro atoms. The predicted octanol–water partition coefficient (Wildman–Crippen LogP) is 0.122. The lowest BCUT2D eigenvalue weighted by Gasteiger charge is -2.11. The molecule has 20 heavy (non-hydrogen) atoms. The van der Waals surface area contributed by atoms with E-state index < -0.39 is 9.84 Å². The highest BCUT2D eigenvalue weighted by atomic mass is 32.2. The molecule has 1 aromatic rings. The third kappa shape index (κ3) is 4.94. The average Bonchev–Trinajstić information content (AvgIpc) is 2.75. The minimum atomic E-state index is -2.94. The van der Waals surface area contributed by atoms with Gasteiger partial charge in [0.15, 0.2) is 9.84 Å². The van der Waals surface area contributed by atoms with Crippen LogP contribution in [-0.4, -0.2) is 45.0 Å².